The highest BCUT2D eigenvalue weighted by Crippen LogP contribution is 2.28. The van der Waals surface area contributed by atoms with Crippen LogP contribution in [0, 0.1) is 18.6 Å². The van der Waals surface area contributed by atoms with E-state index in [0.29, 0.717) is 11.4 Å². The Morgan fingerprint density at radius 1 is 1.06 bits per heavy atom. The van der Waals surface area contributed by atoms with E-state index in [1.165, 1.54) is 12.1 Å². The first kappa shape index (κ1) is 12.4. The smallest absolute Gasteiger partial charge is 0.201 e. The predicted molar refractivity (Wildman–Crippen MR) is 63.3 cm³/mol. The number of aryl methyl sites for hydroxylation is 1. The fourth-order valence-electron chi connectivity index (χ4n) is 1.54. The quantitative estimate of drug-likeness (QED) is 0.839. The highest BCUT2D eigenvalue weighted by molar-refractivity contribution is 5.60. The predicted octanol–water partition coefficient (Wildman–Crippen LogP) is 3.13. The van der Waals surface area contributed by atoms with E-state index in [4.69, 9.17) is 4.74 Å². The van der Waals surface area contributed by atoms with Crippen LogP contribution < -0.4 is 4.74 Å². The van der Waals surface area contributed by atoms with Gasteiger partial charge in [0, 0.05) is 5.56 Å². The highest BCUT2D eigenvalue weighted by Gasteiger charge is 2.16. The standard InChI is InChI=1S/C13H12F2N2O/c1-3-18-11-7-5-9(12(14)13(11)15)10-6-4-8(2)16-17-10/h4-7H,3H2,1-2H3. The minimum atomic E-state index is -1.00. The topological polar surface area (TPSA) is 35.0 Å². The van der Waals surface area contributed by atoms with Gasteiger partial charge in [0.2, 0.25) is 5.82 Å². The monoisotopic (exact) mass is 250 g/mol. The molecule has 1 heterocycles. The van der Waals surface area contributed by atoms with Gasteiger partial charge in [-0.25, -0.2) is 4.39 Å². The van der Waals surface area contributed by atoms with Gasteiger partial charge in [-0.2, -0.15) is 14.6 Å². The third-order valence-corrected chi connectivity index (χ3v) is 2.42. The van der Waals surface area contributed by atoms with Crippen molar-refractivity contribution in [3.05, 3.63) is 41.6 Å². The van der Waals surface area contributed by atoms with E-state index in [-0.39, 0.29) is 17.9 Å². The van der Waals surface area contributed by atoms with Crippen LogP contribution in [0.25, 0.3) is 11.3 Å². The van der Waals surface area contributed by atoms with Crippen LogP contribution in [0.15, 0.2) is 24.3 Å². The van der Waals surface area contributed by atoms with Crippen molar-refractivity contribution in [3.63, 3.8) is 0 Å². The van der Waals surface area contributed by atoms with Crippen molar-refractivity contribution in [1.82, 2.24) is 10.2 Å². The molecular formula is C13H12F2N2O. The molecule has 0 aliphatic carbocycles. The van der Waals surface area contributed by atoms with Crippen LogP contribution in [-0.4, -0.2) is 16.8 Å². The SMILES string of the molecule is CCOc1ccc(-c2ccc(C)nn2)c(F)c1F. The fraction of sp³-hybridized carbons (Fsp3) is 0.231. The molecule has 2 rings (SSSR count). The molecule has 0 radical (unpaired) electrons. The molecule has 5 heteroatoms. The Kier molecular flexibility index (Phi) is 3.50. The van der Waals surface area contributed by atoms with Gasteiger partial charge in [-0.05, 0) is 38.1 Å². The van der Waals surface area contributed by atoms with Gasteiger partial charge in [-0.1, -0.05) is 0 Å². The number of benzene rings is 1. The van der Waals surface area contributed by atoms with Crippen molar-refractivity contribution in [3.8, 4) is 17.0 Å². The lowest BCUT2D eigenvalue weighted by Gasteiger charge is -2.08. The van der Waals surface area contributed by atoms with Crippen molar-refractivity contribution in [2.75, 3.05) is 6.61 Å². The van der Waals surface area contributed by atoms with E-state index in [1.54, 1.807) is 26.0 Å². The molecule has 3 nitrogen and oxygen atoms in total. The van der Waals surface area contributed by atoms with E-state index in [9.17, 15) is 8.78 Å². The number of hydrogen-bond acceptors (Lipinski definition) is 3. The summed E-state index contributed by atoms with van der Waals surface area (Å²) >= 11 is 0. The third kappa shape index (κ3) is 2.30. The average molecular weight is 250 g/mol. The van der Waals surface area contributed by atoms with Gasteiger partial charge in [-0.15, -0.1) is 0 Å². The second kappa shape index (κ2) is 5.08. The van der Waals surface area contributed by atoms with E-state index < -0.39 is 11.6 Å². The summed E-state index contributed by atoms with van der Waals surface area (Å²) in [5, 5.41) is 7.64. The number of rotatable bonds is 3. The number of aromatic nitrogens is 2. The summed E-state index contributed by atoms with van der Waals surface area (Å²) in [6.07, 6.45) is 0. The zero-order valence-corrected chi connectivity index (χ0v) is 10.1. The molecule has 2 aromatic rings. The summed E-state index contributed by atoms with van der Waals surface area (Å²) in [5.41, 5.74) is 1.08. The van der Waals surface area contributed by atoms with Crippen LogP contribution in [0.3, 0.4) is 0 Å². The number of nitrogens with zero attached hydrogens (tertiary/aromatic N) is 2. The van der Waals surface area contributed by atoms with E-state index in [2.05, 4.69) is 10.2 Å². The molecular weight excluding hydrogens is 238 g/mol. The number of ether oxygens (including phenoxy) is 1. The van der Waals surface area contributed by atoms with Crippen LogP contribution in [0.5, 0.6) is 5.75 Å². The van der Waals surface area contributed by atoms with Gasteiger partial charge < -0.3 is 4.74 Å². The van der Waals surface area contributed by atoms with E-state index in [1.807, 2.05) is 0 Å². The maximum atomic E-state index is 13.8. The minimum absolute atomic E-state index is 0.0726. The van der Waals surface area contributed by atoms with Crippen LogP contribution in [-0.2, 0) is 0 Å². The average Bonchev–Trinajstić information content (AvgIpc) is 2.37. The van der Waals surface area contributed by atoms with Gasteiger partial charge in [0.25, 0.3) is 0 Å². The first-order valence-electron chi connectivity index (χ1n) is 5.55. The summed E-state index contributed by atoms with van der Waals surface area (Å²) in [6, 6.07) is 6.11. The van der Waals surface area contributed by atoms with Crippen molar-refractivity contribution in [2.24, 2.45) is 0 Å². The molecule has 0 aliphatic heterocycles. The van der Waals surface area contributed by atoms with Crippen LogP contribution >= 0.6 is 0 Å². The zero-order valence-electron chi connectivity index (χ0n) is 10.1. The Hall–Kier alpha value is -2.04. The van der Waals surface area contributed by atoms with Gasteiger partial charge in [0.1, 0.15) is 0 Å². The minimum Gasteiger partial charge on any atom is -0.491 e. The second-order valence-corrected chi connectivity index (χ2v) is 3.73. The molecule has 0 unspecified atom stereocenters. The third-order valence-electron chi connectivity index (χ3n) is 2.42. The van der Waals surface area contributed by atoms with Crippen LogP contribution in [0.2, 0.25) is 0 Å². The normalized spacial score (nSPS) is 10.4. The Morgan fingerprint density at radius 2 is 1.83 bits per heavy atom. The molecule has 0 spiro atoms. The largest absolute Gasteiger partial charge is 0.491 e. The molecule has 1 aromatic carbocycles. The fourth-order valence-corrected chi connectivity index (χ4v) is 1.54. The molecule has 18 heavy (non-hydrogen) atoms. The Labute approximate surface area is 103 Å². The van der Waals surface area contributed by atoms with Crippen molar-refractivity contribution < 1.29 is 13.5 Å². The number of halogens is 2. The van der Waals surface area contributed by atoms with E-state index >= 15 is 0 Å². The van der Waals surface area contributed by atoms with Gasteiger partial charge in [0.05, 0.1) is 18.0 Å². The zero-order chi connectivity index (χ0) is 13.1. The molecule has 0 saturated heterocycles. The molecule has 1 aromatic heterocycles. The van der Waals surface area contributed by atoms with Crippen molar-refractivity contribution in [1.29, 1.82) is 0 Å². The lowest BCUT2D eigenvalue weighted by molar-refractivity contribution is 0.314. The Bertz CT molecular complexity index is 556. The molecule has 0 amide bonds. The maximum absolute atomic E-state index is 13.8. The summed E-state index contributed by atoms with van der Waals surface area (Å²) in [7, 11) is 0. The first-order valence-corrected chi connectivity index (χ1v) is 5.55. The Morgan fingerprint density at radius 3 is 2.44 bits per heavy atom. The Balaban J connectivity index is 2.46. The summed E-state index contributed by atoms with van der Waals surface area (Å²) < 4.78 is 32.5. The molecule has 0 N–H and O–H groups in total. The van der Waals surface area contributed by atoms with Crippen LogP contribution in [0.4, 0.5) is 8.78 Å². The van der Waals surface area contributed by atoms with Crippen LogP contribution in [0.1, 0.15) is 12.6 Å². The van der Waals surface area contributed by atoms with Crippen molar-refractivity contribution >= 4 is 0 Å². The summed E-state index contributed by atoms with van der Waals surface area (Å²) in [6.45, 7) is 3.75. The second-order valence-electron chi connectivity index (χ2n) is 3.73. The van der Waals surface area contributed by atoms with E-state index in [0.717, 1.165) is 0 Å². The van der Waals surface area contributed by atoms with Crippen molar-refractivity contribution in [2.45, 2.75) is 13.8 Å². The number of hydrogen-bond donors (Lipinski definition) is 0. The lowest BCUT2D eigenvalue weighted by atomic mass is 10.1. The maximum Gasteiger partial charge on any atom is 0.201 e. The molecule has 0 saturated carbocycles. The van der Waals surface area contributed by atoms with Gasteiger partial charge >= 0.3 is 0 Å². The summed E-state index contributed by atoms with van der Waals surface area (Å²) in [4.78, 5) is 0. The molecule has 0 fully saturated rings. The van der Waals surface area contributed by atoms with Gasteiger partial charge in [-0.3, -0.25) is 0 Å². The van der Waals surface area contributed by atoms with Gasteiger partial charge in [0.15, 0.2) is 11.6 Å². The molecule has 0 aliphatic rings. The summed E-state index contributed by atoms with van der Waals surface area (Å²) in [5.74, 6) is -2.07. The molecule has 0 atom stereocenters. The lowest BCUT2D eigenvalue weighted by Crippen LogP contribution is -1.99. The molecule has 0 bridgehead atoms. The highest BCUT2D eigenvalue weighted by atomic mass is 19.2. The molecule has 94 valence electrons. The first-order chi connectivity index (χ1) is 8.63.